The second-order valence-electron chi connectivity index (χ2n) is 3.33. The predicted octanol–water partition coefficient (Wildman–Crippen LogP) is 4.01. The minimum Gasteiger partial charge on any atom is -0.256 e. The predicted molar refractivity (Wildman–Crippen MR) is 66.5 cm³/mol. The molecule has 1 aromatic heterocycles. The highest BCUT2D eigenvalue weighted by atomic mass is 14.7. The van der Waals surface area contributed by atoms with E-state index >= 15 is 0 Å². The molecule has 0 aliphatic heterocycles. The molecule has 0 aliphatic carbocycles. The van der Waals surface area contributed by atoms with Gasteiger partial charge in [-0.25, -0.2) is 0 Å². The van der Waals surface area contributed by atoms with Crippen LogP contribution < -0.4 is 0 Å². The van der Waals surface area contributed by atoms with Crippen LogP contribution in [0, 0.1) is 0 Å². The quantitative estimate of drug-likeness (QED) is 0.668. The molecule has 0 N–H and O–H groups in total. The lowest BCUT2D eigenvalue weighted by molar-refractivity contribution is 1.21. The zero-order valence-electron chi connectivity index (χ0n) is 9.40. The van der Waals surface area contributed by atoms with Crippen molar-refractivity contribution in [2.75, 3.05) is 0 Å². The Hall–Kier alpha value is -1.63. The molecule has 1 aromatic rings. The Morgan fingerprint density at radius 3 is 2.80 bits per heavy atom. The van der Waals surface area contributed by atoms with Crippen molar-refractivity contribution >= 4 is 5.57 Å². The highest BCUT2D eigenvalue weighted by Gasteiger charge is 2.00. The largest absolute Gasteiger partial charge is 0.256 e. The lowest BCUT2D eigenvalue weighted by atomic mass is 10.1. The van der Waals surface area contributed by atoms with Crippen LogP contribution in [0.15, 0.2) is 54.8 Å². The van der Waals surface area contributed by atoms with Crippen molar-refractivity contribution < 1.29 is 0 Å². The van der Waals surface area contributed by atoms with Crippen LogP contribution in [0.2, 0.25) is 0 Å². The first-order valence-electron chi connectivity index (χ1n) is 5.20. The van der Waals surface area contributed by atoms with Crippen LogP contribution in [0.3, 0.4) is 0 Å². The Labute approximate surface area is 91.9 Å². The number of aromatic nitrogens is 1. The van der Waals surface area contributed by atoms with E-state index in [1.807, 2.05) is 24.3 Å². The van der Waals surface area contributed by atoms with Crippen LogP contribution in [0.4, 0.5) is 0 Å². The Kier molecular flexibility index (Phi) is 4.55. The van der Waals surface area contributed by atoms with Crippen molar-refractivity contribution in [3.8, 4) is 0 Å². The van der Waals surface area contributed by atoms with E-state index in [2.05, 4.69) is 37.6 Å². The van der Waals surface area contributed by atoms with Gasteiger partial charge in [-0.1, -0.05) is 37.8 Å². The first-order chi connectivity index (χ1) is 7.29. The summed E-state index contributed by atoms with van der Waals surface area (Å²) in [6, 6.07) is 5.91. The van der Waals surface area contributed by atoms with E-state index in [1.54, 1.807) is 6.20 Å². The van der Waals surface area contributed by atoms with Gasteiger partial charge < -0.3 is 0 Å². The topological polar surface area (TPSA) is 12.9 Å². The number of hydrogen-bond donors (Lipinski definition) is 0. The van der Waals surface area contributed by atoms with Gasteiger partial charge in [-0.2, -0.15) is 0 Å². The van der Waals surface area contributed by atoms with Crippen LogP contribution in [-0.4, -0.2) is 4.98 Å². The van der Waals surface area contributed by atoms with Crippen molar-refractivity contribution in [2.45, 2.75) is 20.3 Å². The molecular formula is C14H17N. The van der Waals surface area contributed by atoms with Crippen LogP contribution in [0.1, 0.15) is 26.0 Å². The molecule has 0 saturated carbocycles. The third kappa shape index (κ3) is 3.21. The Morgan fingerprint density at radius 2 is 2.27 bits per heavy atom. The van der Waals surface area contributed by atoms with Gasteiger partial charge in [0, 0.05) is 11.8 Å². The van der Waals surface area contributed by atoms with E-state index in [0.717, 1.165) is 17.7 Å². The maximum Gasteiger partial charge on any atom is 0.0704 e. The Morgan fingerprint density at radius 1 is 1.47 bits per heavy atom. The highest BCUT2D eigenvalue weighted by molar-refractivity contribution is 5.75. The first-order valence-corrected chi connectivity index (χ1v) is 5.20. The third-order valence-electron chi connectivity index (χ3n) is 2.17. The molecule has 0 amide bonds. The fourth-order valence-corrected chi connectivity index (χ4v) is 1.37. The highest BCUT2D eigenvalue weighted by Crippen LogP contribution is 2.18. The Balaban J connectivity index is 3.08. The molecule has 1 heteroatoms. The molecule has 0 saturated heterocycles. The van der Waals surface area contributed by atoms with E-state index < -0.39 is 0 Å². The number of allylic oxidation sites excluding steroid dienone is 5. The van der Waals surface area contributed by atoms with Crippen molar-refractivity contribution in [3.05, 3.63) is 60.5 Å². The Bertz CT molecular complexity index is 372. The zero-order chi connectivity index (χ0) is 11.1. The van der Waals surface area contributed by atoms with Crippen LogP contribution >= 0.6 is 0 Å². The molecule has 0 unspecified atom stereocenters. The number of hydrogen-bond acceptors (Lipinski definition) is 1. The van der Waals surface area contributed by atoms with Crippen LogP contribution in [0.5, 0.6) is 0 Å². The maximum absolute atomic E-state index is 4.32. The molecule has 78 valence electrons. The van der Waals surface area contributed by atoms with E-state index in [9.17, 15) is 0 Å². The number of rotatable bonds is 4. The third-order valence-corrected chi connectivity index (χ3v) is 2.17. The standard InChI is InChI=1S/C14H17N/c1-4-6-9-12(3)13(5-2)14-10-7-8-11-15-14/h5-11H,2,4H2,1,3H3. The molecule has 1 rings (SSSR count). The summed E-state index contributed by atoms with van der Waals surface area (Å²) in [6.07, 6.45) is 8.96. The summed E-state index contributed by atoms with van der Waals surface area (Å²) in [4.78, 5) is 4.32. The van der Waals surface area contributed by atoms with Gasteiger partial charge in [-0.3, -0.25) is 4.98 Å². The summed E-state index contributed by atoms with van der Waals surface area (Å²) in [5.41, 5.74) is 3.27. The lowest BCUT2D eigenvalue weighted by Gasteiger charge is -2.03. The minimum atomic E-state index is 0.978. The van der Waals surface area contributed by atoms with Gasteiger partial charge in [0.2, 0.25) is 0 Å². The van der Waals surface area contributed by atoms with E-state index in [4.69, 9.17) is 0 Å². The molecule has 1 heterocycles. The number of pyridine rings is 1. The average molecular weight is 199 g/mol. The van der Waals surface area contributed by atoms with Gasteiger partial charge in [0.15, 0.2) is 0 Å². The van der Waals surface area contributed by atoms with Gasteiger partial charge in [-0.05, 0) is 31.1 Å². The van der Waals surface area contributed by atoms with Crippen LogP contribution in [0.25, 0.3) is 5.57 Å². The summed E-state index contributed by atoms with van der Waals surface area (Å²) in [5, 5.41) is 0. The maximum atomic E-state index is 4.32. The van der Waals surface area contributed by atoms with Crippen molar-refractivity contribution in [2.24, 2.45) is 0 Å². The van der Waals surface area contributed by atoms with E-state index in [1.165, 1.54) is 5.57 Å². The average Bonchev–Trinajstić information content (AvgIpc) is 2.29. The summed E-state index contributed by atoms with van der Waals surface area (Å²) in [6.45, 7) is 8.04. The number of nitrogens with zero attached hydrogens (tertiary/aromatic N) is 1. The van der Waals surface area contributed by atoms with E-state index in [-0.39, 0.29) is 0 Å². The SMILES string of the molecule is C=CC(=C(C)C=CCC)c1ccccn1. The smallest absolute Gasteiger partial charge is 0.0704 e. The van der Waals surface area contributed by atoms with Gasteiger partial charge in [0.25, 0.3) is 0 Å². The summed E-state index contributed by atoms with van der Waals surface area (Å²) < 4.78 is 0. The summed E-state index contributed by atoms with van der Waals surface area (Å²) in [5.74, 6) is 0. The molecule has 1 nitrogen and oxygen atoms in total. The van der Waals surface area contributed by atoms with Crippen molar-refractivity contribution in [1.29, 1.82) is 0 Å². The normalized spacial score (nSPS) is 12.7. The molecule has 0 spiro atoms. The first kappa shape index (κ1) is 11.4. The van der Waals surface area contributed by atoms with Gasteiger partial charge in [0.1, 0.15) is 0 Å². The van der Waals surface area contributed by atoms with Crippen LogP contribution in [-0.2, 0) is 0 Å². The zero-order valence-corrected chi connectivity index (χ0v) is 9.40. The molecule has 0 radical (unpaired) electrons. The summed E-state index contributed by atoms with van der Waals surface area (Å²) >= 11 is 0. The molecule has 0 aliphatic rings. The molecule has 0 atom stereocenters. The molecule has 0 aromatic carbocycles. The monoisotopic (exact) mass is 199 g/mol. The lowest BCUT2D eigenvalue weighted by Crippen LogP contribution is -1.87. The second kappa shape index (κ2) is 5.97. The van der Waals surface area contributed by atoms with E-state index in [0.29, 0.717) is 0 Å². The molecule has 0 fully saturated rings. The minimum absolute atomic E-state index is 0.978. The summed E-state index contributed by atoms with van der Waals surface area (Å²) in [7, 11) is 0. The van der Waals surface area contributed by atoms with Gasteiger partial charge in [0.05, 0.1) is 5.69 Å². The fraction of sp³-hybridized carbons (Fsp3) is 0.214. The van der Waals surface area contributed by atoms with Gasteiger partial charge >= 0.3 is 0 Å². The molecular weight excluding hydrogens is 182 g/mol. The van der Waals surface area contributed by atoms with Crippen molar-refractivity contribution in [1.82, 2.24) is 4.98 Å². The molecule has 0 bridgehead atoms. The molecule has 15 heavy (non-hydrogen) atoms. The second-order valence-corrected chi connectivity index (χ2v) is 3.33. The van der Waals surface area contributed by atoms with Gasteiger partial charge in [-0.15, -0.1) is 0 Å². The van der Waals surface area contributed by atoms with Crippen molar-refractivity contribution in [3.63, 3.8) is 0 Å². The fourth-order valence-electron chi connectivity index (χ4n) is 1.37.